The topological polar surface area (TPSA) is 467 Å². The summed E-state index contributed by atoms with van der Waals surface area (Å²) < 4.78 is 107. The van der Waals surface area contributed by atoms with Crippen LogP contribution in [0.25, 0.3) is 0 Å². The molecule has 0 saturated carbocycles. The van der Waals surface area contributed by atoms with Gasteiger partial charge in [-0.15, -0.1) is 24.6 Å². The first-order valence-electron chi connectivity index (χ1n) is 24.2. The summed E-state index contributed by atoms with van der Waals surface area (Å²) in [5, 5.41) is 85.9. The van der Waals surface area contributed by atoms with E-state index in [1.165, 1.54) is 83.7 Å². The number of anilines is 2. The summed E-state index contributed by atoms with van der Waals surface area (Å²) in [6, 6.07) is 19.6. The van der Waals surface area contributed by atoms with Crippen LogP contribution in [0.15, 0.2) is 111 Å². The maximum absolute atomic E-state index is 12.5. The number of benzene rings is 5. The molecule has 0 amide bonds. The van der Waals surface area contributed by atoms with E-state index in [-0.39, 0.29) is 184 Å². The predicted octanol–water partition coefficient (Wildman–Crippen LogP) is -2.17. The first-order valence-corrected chi connectivity index (χ1v) is 31.9. The van der Waals surface area contributed by atoms with Gasteiger partial charge in [-0.25, -0.2) is 29.6 Å². The van der Waals surface area contributed by atoms with Crippen molar-refractivity contribution in [2.24, 2.45) is 0 Å². The van der Waals surface area contributed by atoms with Crippen molar-refractivity contribution in [1.29, 1.82) is 0 Å². The first kappa shape index (κ1) is 95.2. The van der Waals surface area contributed by atoms with Crippen LogP contribution >= 0.6 is 40.3 Å². The average molecular weight is 1500 g/mol. The van der Waals surface area contributed by atoms with Gasteiger partial charge in [-0.2, -0.15) is 12.6 Å². The second kappa shape index (κ2) is 54.8. The van der Waals surface area contributed by atoms with E-state index in [2.05, 4.69) is 55.3 Å². The number of nitrogen functional groups attached to an aromatic ring is 1. The molecule has 0 unspecified atom stereocenters. The number of terminal acetylenes is 2. The maximum atomic E-state index is 12.5. The summed E-state index contributed by atoms with van der Waals surface area (Å²) in [7, 11) is -3.85. The normalized spacial score (nSPS) is 9.76. The number of aliphatic hydroxyl groups excluding tert-OH is 5. The molecule has 0 aliphatic carbocycles. The Morgan fingerprint density at radius 1 is 0.615 bits per heavy atom. The SMILES string of the molecule is C#CCBr.C#CCNc1ccc(S(=O)(=O)CCO)cc1OC.COc1cc(F)ccc1[N+](=O)[O-].COc1cc(S(=O)(=O)CCO)ccc1N.COc1cc(S(=O)(=O)CCO)ccc1[N+](=O)[O-].COc1cc(SCCO)ccc1[N+](=O)[O-].O=CO[O-].OCCS.[H-].[K+].[K+]. The van der Waals surface area contributed by atoms with Crippen LogP contribution in [-0.2, 0) is 39.2 Å². The second-order valence-corrected chi connectivity index (χ2v) is 23.8. The monoisotopic (exact) mass is 1500 g/mol. The standard InChI is InChI=1S/C12H15NO4S.C9H11NO6S.C9H13NO4S.C9H11NO4S.C7H6FNO3.C3H3Br.C2H6OS.CH2O3.2K.H/c1-3-6-13-11-5-4-10(9-12(11)17-2)18(15,16)8-7-14;1-16-9-6-7(17(14,15)5-4-11)2-3-8(9)10(12)13;1-14-9-6-7(2-3-8(9)10)15(12,13)5-4-11;1-14-9-6-7(15-5-4-11)2-3-8(9)10(12)13;1-12-7-4-5(8)2-3-6(7)9(10)11;1-2-3-4;3-1-2-4;2-1-4-3;;;/h1,4-5,9,13-14H,6-8H2,2H3;2-3,6,11H,4-5H2,1H3;2-3,6,11H,4-5,10H2,1H3;2-3,6,11H,4-5H2,1H3;2-4H,1H3;1H,3H2;3-4H,1-2H2;1,3H;;;/q;;;;;;;;2*+1;-1/p-1. The zero-order chi connectivity index (χ0) is 68.8. The molecule has 0 fully saturated rings. The number of rotatable bonds is 24. The van der Waals surface area contributed by atoms with Crippen molar-refractivity contribution in [3.05, 3.63) is 127 Å². The van der Waals surface area contributed by atoms with Crippen molar-refractivity contribution >= 4 is 105 Å². The summed E-state index contributed by atoms with van der Waals surface area (Å²) >= 11 is 8.10. The number of thiol groups is 1. The van der Waals surface area contributed by atoms with Crippen LogP contribution in [0.5, 0.6) is 28.7 Å². The molecule has 0 aliphatic rings. The zero-order valence-corrected chi connectivity index (χ0v) is 62.0. The van der Waals surface area contributed by atoms with Gasteiger partial charge in [0.1, 0.15) is 17.3 Å². The van der Waals surface area contributed by atoms with Gasteiger partial charge < -0.3 is 71.8 Å². The Morgan fingerprint density at radius 3 is 1.32 bits per heavy atom. The molecule has 0 aliphatic heterocycles. The second-order valence-electron chi connectivity index (χ2n) is 15.3. The van der Waals surface area contributed by atoms with E-state index < -0.39 is 75.7 Å². The summed E-state index contributed by atoms with van der Waals surface area (Å²) in [6.07, 6.45) is 9.86. The smallest absolute Gasteiger partial charge is 1.00 e. The molecule has 8 N–H and O–H groups in total. The van der Waals surface area contributed by atoms with E-state index in [1.54, 1.807) is 18.2 Å². The third-order valence-electron chi connectivity index (χ3n) is 9.53. The van der Waals surface area contributed by atoms with Crippen molar-refractivity contribution in [3.8, 4) is 53.4 Å². The number of nitro benzene ring substituents is 3. The van der Waals surface area contributed by atoms with E-state index in [4.69, 9.17) is 73.1 Å². The Morgan fingerprint density at radius 2 is 0.967 bits per heavy atom. The van der Waals surface area contributed by atoms with Gasteiger partial charge in [0.2, 0.25) is 0 Å². The number of nitro groups is 3. The summed E-state index contributed by atoms with van der Waals surface area (Å²) in [5.41, 5.74) is 5.95. The van der Waals surface area contributed by atoms with Crippen molar-refractivity contribution < 1.29 is 213 Å². The van der Waals surface area contributed by atoms with Gasteiger partial charge in [0.05, 0.1) is 139 Å². The average Bonchev–Trinajstić information content (AvgIpc) is 1.05. The van der Waals surface area contributed by atoms with E-state index in [1.807, 2.05) is 0 Å². The van der Waals surface area contributed by atoms with Gasteiger partial charge in [-0.05, 0) is 42.5 Å². The number of nitrogens with zero attached hydrogens (tertiary/aromatic N) is 3. The van der Waals surface area contributed by atoms with Gasteiger partial charge in [0, 0.05) is 64.9 Å². The molecule has 0 heterocycles. The number of carbonyl (C=O) groups excluding carboxylic acids is 1. The third kappa shape index (κ3) is 39.1. The van der Waals surface area contributed by atoms with Crippen LogP contribution in [-0.4, -0.2) is 181 Å². The summed E-state index contributed by atoms with van der Waals surface area (Å²) in [6.45, 7) is -0.940. The quantitative estimate of drug-likeness (QED) is 0.00311. The molecule has 5 rings (SSSR count). The number of ether oxygens (including phenoxy) is 5. The van der Waals surface area contributed by atoms with Crippen LogP contribution < -0.4 is 143 Å². The fourth-order valence-electron chi connectivity index (χ4n) is 5.62. The van der Waals surface area contributed by atoms with Crippen LogP contribution in [0.4, 0.5) is 32.8 Å². The molecule has 5 aromatic rings. The summed E-state index contributed by atoms with van der Waals surface area (Å²) in [5.74, 6) is 5.02. The number of nitrogens with one attached hydrogen (secondary N) is 1. The van der Waals surface area contributed by atoms with Crippen LogP contribution in [0.2, 0.25) is 0 Å². The Balaban J connectivity index is -0.000000239. The minimum absolute atomic E-state index is 0. The number of aliphatic hydroxyl groups is 5. The molecular weight excluding hydrogens is 1430 g/mol. The molecule has 5 aromatic carbocycles. The summed E-state index contributed by atoms with van der Waals surface area (Å²) in [4.78, 5) is 41.9. The molecule has 39 heteroatoms. The molecule has 0 saturated heterocycles. The number of methoxy groups -OCH3 is 5. The van der Waals surface area contributed by atoms with E-state index >= 15 is 0 Å². The molecule has 0 atom stereocenters. The van der Waals surface area contributed by atoms with E-state index in [0.717, 1.165) is 41.3 Å². The number of nitrogens with two attached hydrogens (primary N) is 1. The maximum Gasteiger partial charge on any atom is 1.00 e. The zero-order valence-electron chi connectivity index (χ0n) is 51.0. The first-order chi connectivity index (χ1) is 42.0. The Bertz CT molecular complexity index is 3420. The van der Waals surface area contributed by atoms with Crippen LogP contribution in [0.3, 0.4) is 0 Å². The van der Waals surface area contributed by atoms with Crippen LogP contribution in [0.1, 0.15) is 1.43 Å². The number of thioether (sulfide) groups is 1. The molecule has 0 aromatic heterocycles. The Kier molecular flexibility index (Phi) is 57.4. The number of carbonyl (C=O) groups is 1. The van der Waals surface area contributed by atoms with Crippen molar-refractivity contribution in [2.75, 3.05) is 120 Å². The molecule has 91 heavy (non-hydrogen) atoms. The molecule has 496 valence electrons. The molecule has 0 radical (unpaired) electrons. The fraction of sp³-hybridized carbons (Fsp3) is 0.327. The number of alkyl halides is 1. The molecule has 0 bridgehead atoms. The molecule has 0 spiro atoms. The third-order valence-corrected chi connectivity index (χ3v) is 16.1. The van der Waals surface area contributed by atoms with Gasteiger partial charge in [0.15, 0.2) is 46.8 Å². The fourth-order valence-corrected chi connectivity index (χ4v) is 9.42. The van der Waals surface area contributed by atoms with E-state index in [0.29, 0.717) is 46.3 Å². The van der Waals surface area contributed by atoms with Crippen molar-refractivity contribution in [3.63, 3.8) is 0 Å². The van der Waals surface area contributed by atoms with Gasteiger partial charge in [-0.3, -0.25) is 35.1 Å². The Hall–Kier alpha value is -4.52. The number of hydrogen-bond acceptors (Lipinski definition) is 29. The van der Waals surface area contributed by atoms with Gasteiger partial charge >= 0.3 is 120 Å². The van der Waals surface area contributed by atoms with Gasteiger partial charge in [0.25, 0.3) is 6.47 Å². The number of sulfone groups is 3. The predicted molar refractivity (Wildman–Crippen MR) is 334 cm³/mol. The molecule has 30 nitrogen and oxygen atoms in total. The molecular formula is C52H67BrFK2N5O25S5. The van der Waals surface area contributed by atoms with Crippen LogP contribution in [0, 0.1) is 60.8 Å². The largest absolute Gasteiger partial charge is 1.00 e. The van der Waals surface area contributed by atoms with Crippen molar-refractivity contribution in [1.82, 2.24) is 0 Å². The minimum atomic E-state index is -3.64. The number of halogens is 2. The Labute approximate surface area is 630 Å². The minimum Gasteiger partial charge on any atom is -1.00 e. The number of hydrogen-bond donors (Lipinski definition) is 8. The van der Waals surface area contributed by atoms with Crippen molar-refractivity contribution in [2.45, 2.75) is 19.6 Å². The van der Waals surface area contributed by atoms with Gasteiger partial charge in [-0.1, -0.05) is 27.8 Å². The van der Waals surface area contributed by atoms with E-state index in [9.17, 15) is 60.0 Å².